The number of fused-ring (bicyclic) bond motifs is 12. The van der Waals surface area contributed by atoms with E-state index in [1.54, 1.807) is 0 Å². The molecule has 4 heteroatoms. The zero-order valence-electron chi connectivity index (χ0n) is 35.7. The van der Waals surface area contributed by atoms with Crippen LogP contribution in [0.4, 0.5) is 28.4 Å². The lowest BCUT2D eigenvalue weighted by Gasteiger charge is -2.51. The Morgan fingerprint density at radius 2 is 1.18 bits per heavy atom. The fourth-order valence-corrected chi connectivity index (χ4v) is 13.1. The Balaban J connectivity index is 1.20. The quantitative estimate of drug-likeness (QED) is 0.161. The molecule has 0 saturated carbocycles. The first-order valence-corrected chi connectivity index (χ1v) is 22.9. The van der Waals surface area contributed by atoms with E-state index < -0.39 is 0 Å². The molecule has 4 heterocycles. The van der Waals surface area contributed by atoms with Crippen LogP contribution in [0.25, 0.3) is 53.2 Å². The van der Waals surface area contributed by atoms with Crippen LogP contribution in [-0.4, -0.2) is 6.85 Å². The SMILES string of the molecule is CC1(C)CCC(C)(C)c2cc3c(cc21)-c1cc2c(sc4ccccc42)c2c1B(c1cccc4c1N2c1cc2ccccc2cc1C4(C)C)N3c1ccc(-c2ccccc2)cc1. The van der Waals surface area contributed by atoms with Crippen molar-refractivity contribution in [3.63, 3.8) is 0 Å². The van der Waals surface area contributed by atoms with E-state index in [1.165, 1.54) is 128 Å². The van der Waals surface area contributed by atoms with Gasteiger partial charge in [0, 0.05) is 43.5 Å². The lowest BCUT2D eigenvalue weighted by Crippen LogP contribution is -2.62. The molecule has 2 nitrogen and oxygen atoms in total. The highest BCUT2D eigenvalue weighted by molar-refractivity contribution is 7.26. The predicted octanol–water partition coefficient (Wildman–Crippen LogP) is 14.6. The summed E-state index contributed by atoms with van der Waals surface area (Å²) in [6.07, 6.45) is 2.35. The summed E-state index contributed by atoms with van der Waals surface area (Å²) in [5, 5.41) is 5.26. The number of anilines is 5. The standard InChI is InChI=1S/C57H47BN2S/c1-55(2)27-28-56(3,4)45-33-48-40(32-44(45)55)41-31-42-39-19-12-13-22-50(39)61-54(42)53-51(41)58(60(48)38-25-23-35(24-26-38)34-15-8-7-9-16-34)47-21-14-20-43-52(47)59(53)49-30-37-18-11-10-17-36(37)29-46(49)57(43,5)6/h7-26,29-33H,27-28H2,1-6H3. The lowest BCUT2D eigenvalue weighted by molar-refractivity contribution is 0.332. The molecule has 0 atom stereocenters. The van der Waals surface area contributed by atoms with Crippen molar-refractivity contribution in [2.24, 2.45) is 0 Å². The van der Waals surface area contributed by atoms with Gasteiger partial charge in [0.2, 0.25) is 0 Å². The van der Waals surface area contributed by atoms with Gasteiger partial charge in [-0.1, -0.05) is 145 Å². The van der Waals surface area contributed by atoms with Gasteiger partial charge in [-0.15, -0.1) is 11.3 Å². The number of thiophene rings is 1. The van der Waals surface area contributed by atoms with Gasteiger partial charge in [0.05, 0.1) is 16.1 Å². The van der Waals surface area contributed by atoms with E-state index >= 15 is 0 Å². The van der Waals surface area contributed by atoms with Crippen molar-refractivity contribution in [3.05, 3.63) is 174 Å². The third-order valence-corrected chi connectivity index (χ3v) is 16.4. The van der Waals surface area contributed by atoms with E-state index in [4.69, 9.17) is 0 Å². The van der Waals surface area contributed by atoms with Crippen LogP contribution in [-0.2, 0) is 16.2 Å². The summed E-state index contributed by atoms with van der Waals surface area (Å²) in [6, 6.07) is 58.3. The van der Waals surface area contributed by atoms with Gasteiger partial charge in [0.1, 0.15) is 0 Å². The third kappa shape index (κ3) is 4.75. The summed E-state index contributed by atoms with van der Waals surface area (Å²) in [4.78, 5) is 5.46. The number of rotatable bonds is 2. The molecule has 61 heavy (non-hydrogen) atoms. The van der Waals surface area contributed by atoms with Gasteiger partial charge in [-0.25, -0.2) is 0 Å². The van der Waals surface area contributed by atoms with Crippen molar-refractivity contribution < 1.29 is 0 Å². The molecule has 0 amide bonds. The first-order valence-electron chi connectivity index (χ1n) is 22.1. The number of benzene rings is 8. The van der Waals surface area contributed by atoms with E-state index in [0.717, 1.165) is 0 Å². The molecular formula is C57H47BN2S. The summed E-state index contributed by atoms with van der Waals surface area (Å²) >= 11 is 1.96. The highest BCUT2D eigenvalue weighted by Gasteiger charge is 2.51. The van der Waals surface area contributed by atoms with E-state index in [9.17, 15) is 0 Å². The average molecular weight is 803 g/mol. The van der Waals surface area contributed by atoms with E-state index in [-0.39, 0.29) is 23.1 Å². The molecule has 0 unspecified atom stereocenters. The molecule has 0 saturated heterocycles. The zero-order valence-corrected chi connectivity index (χ0v) is 36.5. The van der Waals surface area contributed by atoms with Crippen LogP contribution in [0.15, 0.2) is 152 Å². The molecule has 294 valence electrons. The molecule has 1 aromatic heterocycles. The molecule has 13 rings (SSSR count). The van der Waals surface area contributed by atoms with Gasteiger partial charge in [0.15, 0.2) is 0 Å². The molecule has 0 spiro atoms. The van der Waals surface area contributed by atoms with Crippen LogP contribution in [0.2, 0.25) is 0 Å². The van der Waals surface area contributed by atoms with Gasteiger partial charge < -0.3 is 9.71 Å². The second-order valence-electron chi connectivity index (χ2n) is 19.9. The molecule has 4 aliphatic rings. The van der Waals surface area contributed by atoms with Gasteiger partial charge in [-0.3, -0.25) is 0 Å². The predicted molar refractivity (Wildman–Crippen MR) is 263 cm³/mol. The molecule has 3 aliphatic heterocycles. The van der Waals surface area contributed by atoms with E-state index in [0.29, 0.717) is 0 Å². The van der Waals surface area contributed by atoms with Crippen molar-refractivity contribution in [2.45, 2.75) is 70.6 Å². The molecule has 1 aliphatic carbocycles. The van der Waals surface area contributed by atoms with Crippen LogP contribution in [0.1, 0.15) is 76.6 Å². The summed E-state index contributed by atoms with van der Waals surface area (Å²) in [5.74, 6) is 0. The number of hydrogen-bond acceptors (Lipinski definition) is 3. The summed E-state index contributed by atoms with van der Waals surface area (Å²) in [6.45, 7) is 14.7. The van der Waals surface area contributed by atoms with Crippen molar-refractivity contribution in [2.75, 3.05) is 9.71 Å². The maximum atomic E-state index is 2.74. The molecule has 0 radical (unpaired) electrons. The van der Waals surface area contributed by atoms with Gasteiger partial charge in [0.25, 0.3) is 0 Å². The topological polar surface area (TPSA) is 6.48 Å². The van der Waals surface area contributed by atoms with Crippen molar-refractivity contribution in [3.8, 4) is 22.3 Å². The maximum Gasteiger partial charge on any atom is 0.333 e. The van der Waals surface area contributed by atoms with E-state index in [2.05, 4.69) is 203 Å². The molecule has 9 aromatic rings. The Hall–Kier alpha value is -6.10. The molecule has 0 fully saturated rings. The number of hydrogen-bond donors (Lipinski definition) is 0. The number of nitrogens with zero attached hydrogens (tertiary/aromatic N) is 2. The second-order valence-corrected chi connectivity index (χ2v) is 21.0. The lowest BCUT2D eigenvalue weighted by atomic mass is 9.42. The van der Waals surface area contributed by atoms with Crippen molar-refractivity contribution >= 4 is 88.5 Å². The number of para-hydroxylation sites is 1. The molecule has 0 bridgehead atoms. The van der Waals surface area contributed by atoms with Crippen LogP contribution in [0.5, 0.6) is 0 Å². The minimum atomic E-state index is -0.223. The first-order chi connectivity index (χ1) is 29.5. The van der Waals surface area contributed by atoms with E-state index in [1.807, 2.05) is 11.3 Å². The Morgan fingerprint density at radius 3 is 1.95 bits per heavy atom. The van der Waals surface area contributed by atoms with Crippen molar-refractivity contribution in [1.29, 1.82) is 0 Å². The molecular weight excluding hydrogens is 756 g/mol. The minimum Gasteiger partial charge on any atom is -0.376 e. The van der Waals surface area contributed by atoms with Gasteiger partial charge >= 0.3 is 6.85 Å². The third-order valence-electron chi connectivity index (χ3n) is 15.2. The summed E-state index contributed by atoms with van der Waals surface area (Å²) in [7, 11) is 0. The molecule has 0 N–H and O–H groups in total. The highest BCUT2D eigenvalue weighted by atomic mass is 32.1. The first kappa shape index (κ1) is 35.6. The average Bonchev–Trinajstić information content (AvgIpc) is 3.65. The zero-order chi connectivity index (χ0) is 41.2. The van der Waals surface area contributed by atoms with Crippen molar-refractivity contribution in [1.82, 2.24) is 0 Å². The highest BCUT2D eigenvalue weighted by Crippen LogP contribution is 2.59. The Kier molecular flexibility index (Phi) is 7.04. The Morgan fingerprint density at radius 1 is 0.508 bits per heavy atom. The molecule has 8 aromatic carbocycles. The van der Waals surface area contributed by atoms with Crippen LogP contribution in [0, 0.1) is 0 Å². The fraction of sp³-hybridized carbons (Fsp3) is 0.193. The monoisotopic (exact) mass is 802 g/mol. The Labute approximate surface area is 363 Å². The maximum absolute atomic E-state index is 2.74. The Bertz CT molecular complexity index is 3350. The summed E-state index contributed by atoms with van der Waals surface area (Å²) < 4.78 is 2.70. The largest absolute Gasteiger partial charge is 0.376 e. The fourth-order valence-electron chi connectivity index (χ4n) is 11.8. The second kappa shape index (κ2) is 12.0. The summed E-state index contributed by atoms with van der Waals surface area (Å²) in [5.41, 5.74) is 20.2. The van der Waals surface area contributed by atoms with Gasteiger partial charge in [-0.05, 0) is 133 Å². The minimum absolute atomic E-state index is 0.0449. The van der Waals surface area contributed by atoms with Crippen LogP contribution >= 0.6 is 11.3 Å². The van der Waals surface area contributed by atoms with Crippen LogP contribution in [0.3, 0.4) is 0 Å². The normalized spacial score (nSPS) is 17.2. The van der Waals surface area contributed by atoms with Gasteiger partial charge in [-0.2, -0.15) is 0 Å². The van der Waals surface area contributed by atoms with Crippen LogP contribution < -0.4 is 20.6 Å². The smallest absolute Gasteiger partial charge is 0.333 e.